The van der Waals surface area contributed by atoms with Gasteiger partial charge >= 0.3 is 0 Å². The zero-order valence-electron chi connectivity index (χ0n) is 5.23. The van der Waals surface area contributed by atoms with Crippen molar-refractivity contribution in [1.29, 1.82) is 0 Å². The zero-order chi connectivity index (χ0) is 6.97. The second-order valence-corrected chi connectivity index (χ2v) is 2.05. The Balaban J connectivity index is 2.63. The molecule has 0 fully saturated rings. The number of hydrogen-bond donors (Lipinski definition) is 1. The van der Waals surface area contributed by atoms with Gasteiger partial charge in [0.1, 0.15) is 0 Å². The number of hydrazine groups is 1. The van der Waals surface area contributed by atoms with Crippen LogP contribution in [0.4, 0.5) is 11.4 Å². The molecule has 1 aromatic carbocycles. The van der Waals surface area contributed by atoms with Crippen LogP contribution in [0.25, 0.3) is 0 Å². The van der Waals surface area contributed by atoms with Gasteiger partial charge in [-0.05, 0) is 24.3 Å². The molecular formula is C6H6N4. The second kappa shape index (κ2) is 1.78. The summed E-state index contributed by atoms with van der Waals surface area (Å²) in [6.45, 7) is 0. The van der Waals surface area contributed by atoms with Crippen LogP contribution in [0.15, 0.2) is 34.6 Å². The molecule has 2 aliphatic heterocycles. The van der Waals surface area contributed by atoms with Gasteiger partial charge in [0.2, 0.25) is 0 Å². The van der Waals surface area contributed by atoms with Crippen molar-refractivity contribution >= 4 is 11.4 Å². The van der Waals surface area contributed by atoms with E-state index in [1.807, 2.05) is 24.3 Å². The van der Waals surface area contributed by atoms with E-state index in [2.05, 4.69) is 10.3 Å². The highest BCUT2D eigenvalue weighted by Gasteiger charge is 2.03. The van der Waals surface area contributed by atoms with Crippen LogP contribution >= 0.6 is 0 Å². The lowest BCUT2D eigenvalue weighted by Crippen LogP contribution is -2.22. The highest BCUT2D eigenvalue weighted by atomic mass is 15.7. The minimum absolute atomic E-state index is 0.830. The summed E-state index contributed by atoms with van der Waals surface area (Å²) in [7, 11) is 0. The van der Waals surface area contributed by atoms with Gasteiger partial charge in [-0.2, -0.15) is 5.12 Å². The lowest BCUT2D eigenvalue weighted by Gasteiger charge is -2.05. The molecule has 0 spiro atoms. The molecule has 0 unspecified atom stereocenters. The number of nitrogens with two attached hydrogens (primary N) is 1. The van der Waals surface area contributed by atoms with Gasteiger partial charge in [0.25, 0.3) is 0 Å². The summed E-state index contributed by atoms with van der Waals surface area (Å²) in [6.07, 6.45) is 0. The molecule has 3 rings (SSSR count). The third-order valence-electron chi connectivity index (χ3n) is 1.37. The van der Waals surface area contributed by atoms with E-state index in [1.165, 1.54) is 5.12 Å². The Morgan fingerprint density at radius 1 is 1.20 bits per heavy atom. The Hall–Kier alpha value is -1.42. The molecule has 50 valence electrons. The van der Waals surface area contributed by atoms with Crippen molar-refractivity contribution in [3.63, 3.8) is 0 Å². The minimum Gasteiger partial charge on any atom is -0.225 e. The number of benzene rings is 1. The molecule has 4 heteroatoms. The van der Waals surface area contributed by atoms with Gasteiger partial charge in [-0.1, -0.05) is 5.22 Å². The van der Waals surface area contributed by atoms with Crippen LogP contribution in [-0.4, -0.2) is 0 Å². The first-order valence-corrected chi connectivity index (χ1v) is 2.93. The molecule has 2 bridgehead atoms. The van der Waals surface area contributed by atoms with Gasteiger partial charge in [0.05, 0.1) is 11.4 Å². The van der Waals surface area contributed by atoms with E-state index in [9.17, 15) is 0 Å². The van der Waals surface area contributed by atoms with Crippen molar-refractivity contribution in [2.45, 2.75) is 0 Å². The average molecular weight is 134 g/mol. The van der Waals surface area contributed by atoms with Crippen molar-refractivity contribution in [2.24, 2.45) is 16.2 Å². The predicted molar refractivity (Wildman–Crippen MR) is 37.6 cm³/mol. The Morgan fingerprint density at radius 2 is 1.90 bits per heavy atom. The van der Waals surface area contributed by atoms with Crippen LogP contribution in [0.5, 0.6) is 0 Å². The summed E-state index contributed by atoms with van der Waals surface area (Å²) in [6, 6.07) is 7.47. The van der Waals surface area contributed by atoms with E-state index in [0.717, 1.165) is 11.4 Å². The standard InChI is InChI=1S/C6H6N4/c7-10-6-3-1-5(2-4-6)8-9-10/h1-4H,7H2. The van der Waals surface area contributed by atoms with E-state index in [0.29, 0.717) is 0 Å². The molecule has 0 saturated heterocycles. The summed E-state index contributed by atoms with van der Waals surface area (Å²) in [4.78, 5) is 0. The van der Waals surface area contributed by atoms with Crippen molar-refractivity contribution in [3.05, 3.63) is 24.3 Å². The van der Waals surface area contributed by atoms with Gasteiger partial charge in [0.15, 0.2) is 0 Å². The molecule has 10 heavy (non-hydrogen) atoms. The van der Waals surface area contributed by atoms with Gasteiger partial charge < -0.3 is 0 Å². The van der Waals surface area contributed by atoms with Crippen LogP contribution < -0.4 is 11.0 Å². The lowest BCUT2D eigenvalue weighted by molar-refractivity contribution is 0.867. The summed E-state index contributed by atoms with van der Waals surface area (Å²) in [5.41, 5.74) is 1.68. The highest BCUT2D eigenvalue weighted by molar-refractivity contribution is 5.52. The Morgan fingerprint density at radius 3 is 2.60 bits per heavy atom. The Kier molecular flexibility index (Phi) is 0.956. The van der Waals surface area contributed by atoms with Crippen LogP contribution in [-0.2, 0) is 0 Å². The van der Waals surface area contributed by atoms with E-state index in [1.54, 1.807) is 0 Å². The summed E-state index contributed by atoms with van der Waals surface area (Å²) < 4.78 is 0. The Bertz CT molecular complexity index is 264. The van der Waals surface area contributed by atoms with Gasteiger partial charge in [-0.25, -0.2) is 5.84 Å². The number of anilines is 1. The van der Waals surface area contributed by atoms with Crippen LogP contribution in [0.1, 0.15) is 0 Å². The summed E-state index contributed by atoms with van der Waals surface area (Å²) in [5, 5.41) is 8.74. The maximum Gasteiger partial charge on any atom is 0.0876 e. The first-order valence-electron chi connectivity index (χ1n) is 2.93. The Labute approximate surface area is 57.9 Å². The molecule has 0 saturated carbocycles. The van der Waals surface area contributed by atoms with Crippen LogP contribution in [0, 0.1) is 0 Å². The lowest BCUT2D eigenvalue weighted by atomic mass is 10.3. The molecule has 1 aromatic rings. The number of hydrogen-bond acceptors (Lipinski definition) is 4. The monoisotopic (exact) mass is 134 g/mol. The fourth-order valence-electron chi connectivity index (χ4n) is 0.823. The molecule has 0 amide bonds. The van der Waals surface area contributed by atoms with Crippen LogP contribution in [0.3, 0.4) is 0 Å². The highest BCUT2D eigenvalue weighted by Crippen LogP contribution is 2.22. The van der Waals surface area contributed by atoms with E-state index in [4.69, 9.17) is 5.84 Å². The molecule has 2 aliphatic rings. The van der Waals surface area contributed by atoms with Crippen molar-refractivity contribution < 1.29 is 0 Å². The van der Waals surface area contributed by atoms with E-state index in [-0.39, 0.29) is 0 Å². The first-order chi connectivity index (χ1) is 4.86. The number of nitrogens with zero attached hydrogens (tertiary/aromatic N) is 3. The zero-order valence-corrected chi connectivity index (χ0v) is 5.23. The maximum atomic E-state index is 5.44. The maximum absolute atomic E-state index is 5.44. The van der Waals surface area contributed by atoms with E-state index >= 15 is 0 Å². The molecule has 0 aliphatic carbocycles. The molecular weight excluding hydrogens is 128 g/mol. The van der Waals surface area contributed by atoms with Crippen molar-refractivity contribution in [3.8, 4) is 0 Å². The summed E-state index contributed by atoms with van der Waals surface area (Å²) in [5.74, 6) is 5.44. The SMILES string of the molecule is NN1N=Nc2ccc1cc2. The largest absolute Gasteiger partial charge is 0.225 e. The molecule has 0 atom stereocenters. The van der Waals surface area contributed by atoms with Gasteiger partial charge in [0, 0.05) is 0 Å². The van der Waals surface area contributed by atoms with Gasteiger partial charge in [-0.3, -0.25) is 0 Å². The fraction of sp³-hybridized carbons (Fsp3) is 0. The molecule has 0 aromatic heterocycles. The summed E-state index contributed by atoms with van der Waals surface area (Å²) >= 11 is 0. The van der Waals surface area contributed by atoms with Crippen molar-refractivity contribution in [2.75, 3.05) is 5.12 Å². The molecule has 0 radical (unpaired) electrons. The topological polar surface area (TPSA) is 54.0 Å². The third-order valence-corrected chi connectivity index (χ3v) is 1.37. The smallest absolute Gasteiger partial charge is 0.0876 e. The normalized spacial score (nSPS) is 13.9. The predicted octanol–water partition coefficient (Wildman–Crippen LogP) is 1.38. The van der Waals surface area contributed by atoms with E-state index < -0.39 is 0 Å². The quantitative estimate of drug-likeness (QED) is 0.545. The molecule has 4 nitrogen and oxygen atoms in total. The van der Waals surface area contributed by atoms with Gasteiger partial charge in [-0.15, -0.1) is 5.11 Å². The minimum atomic E-state index is 0.830. The number of fused-ring (bicyclic) bond motifs is 3. The van der Waals surface area contributed by atoms with Crippen LogP contribution in [0.2, 0.25) is 0 Å². The first kappa shape index (κ1) is 5.37. The molecule has 2 N–H and O–H groups in total. The third kappa shape index (κ3) is 0.663. The molecule has 2 heterocycles. The average Bonchev–Trinajstić information content (AvgIpc) is 2.24. The van der Waals surface area contributed by atoms with Crippen molar-refractivity contribution in [1.82, 2.24) is 0 Å². The number of rotatable bonds is 0. The fourth-order valence-corrected chi connectivity index (χ4v) is 0.823. The second-order valence-electron chi connectivity index (χ2n) is 2.05.